The number of ether oxygens (including phenoxy) is 1. The Morgan fingerprint density at radius 2 is 1.76 bits per heavy atom. The van der Waals surface area contributed by atoms with Gasteiger partial charge in [0.1, 0.15) is 18.4 Å². The van der Waals surface area contributed by atoms with Crippen molar-refractivity contribution in [3.05, 3.63) is 76.3 Å². The molecular formula is C28H28Cl2N6O5. The average molecular weight is 599 g/mol. The Bertz CT molecular complexity index is 1450. The van der Waals surface area contributed by atoms with Crippen LogP contribution < -0.4 is 31.3 Å². The zero-order chi connectivity index (χ0) is 29.5. The summed E-state index contributed by atoms with van der Waals surface area (Å²) in [4.78, 5) is 39.3. The maximum atomic E-state index is 12.9. The summed E-state index contributed by atoms with van der Waals surface area (Å²) in [7, 11) is 0. The van der Waals surface area contributed by atoms with Gasteiger partial charge in [-0.05, 0) is 41.5 Å². The predicted molar refractivity (Wildman–Crippen MR) is 158 cm³/mol. The van der Waals surface area contributed by atoms with Crippen LogP contribution in [-0.2, 0) is 9.59 Å². The van der Waals surface area contributed by atoms with E-state index in [1.165, 1.54) is 0 Å². The minimum atomic E-state index is -1.42. The molecule has 7 N–H and O–H groups in total. The van der Waals surface area contributed by atoms with Gasteiger partial charge < -0.3 is 36.4 Å². The van der Waals surface area contributed by atoms with E-state index in [-0.39, 0.29) is 34.5 Å². The Labute approximate surface area is 246 Å². The smallest absolute Gasteiger partial charge is 0.328 e. The first-order valence-electron chi connectivity index (χ1n) is 12.6. The van der Waals surface area contributed by atoms with Gasteiger partial charge in [0, 0.05) is 25.2 Å². The maximum absolute atomic E-state index is 12.9. The summed E-state index contributed by atoms with van der Waals surface area (Å²) >= 11 is 12.7. The number of anilines is 2. The fourth-order valence-corrected chi connectivity index (χ4v) is 4.96. The van der Waals surface area contributed by atoms with E-state index in [2.05, 4.69) is 16.0 Å². The number of fused-ring (bicyclic) bond motifs is 1. The van der Waals surface area contributed by atoms with Gasteiger partial charge in [0.2, 0.25) is 5.91 Å². The zero-order valence-corrected chi connectivity index (χ0v) is 23.3. The van der Waals surface area contributed by atoms with E-state index in [0.717, 1.165) is 11.3 Å². The van der Waals surface area contributed by atoms with Crippen molar-refractivity contribution in [2.24, 2.45) is 5.73 Å². The van der Waals surface area contributed by atoms with Gasteiger partial charge in [-0.15, -0.1) is 0 Å². The summed E-state index contributed by atoms with van der Waals surface area (Å²) < 4.78 is 5.67. The Morgan fingerprint density at radius 1 is 1.05 bits per heavy atom. The topological polar surface area (TPSA) is 170 Å². The van der Waals surface area contributed by atoms with Crippen LogP contribution in [0.2, 0.25) is 10.0 Å². The van der Waals surface area contributed by atoms with Crippen LogP contribution >= 0.6 is 23.2 Å². The first kappa shape index (κ1) is 29.5. The molecule has 0 spiro atoms. The van der Waals surface area contributed by atoms with Crippen LogP contribution in [0.4, 0.5) is 11.4 Å². The van der Waals surface area contributed by atoms with Gasteiger partial charge >= 0.3 is 5.97 Å². The number of carboxylic acids is 1. The number of nitrogens with zero attached hydrogens (tertiary/aromatic N) is 1. The maximum Gasteiger partial charge on any atom is 0.328 e. The zero-order valence-electron chi connectivity index (χ0n) is 21.7. The van der Waals surface area contributed by atoms with Crippen LogP contribution in [0.25, 0.3) is 11.1 Å². The number of carbonyl (C=O) groups excluding carboxylic acids is 2. The molecule has 1 aliphatic rings. The van der Waals surface area contributed by atoms with Crippen molar-refractivity contribution < 1.29 is 24.2 Å². The number of carboxylic acid groups (broad SMARTS) is 1. The lowest BCUT2D eigenvalue weighted by Crippen LogP contribution is -2.49. The van der Waals surface area contributed by atoms with Gasteiger partial charge in [-0.1, -0.05) is 53.5 Å². The number of hydrogen-bond acceptors (Lipinski definition) is 6. The van der Waals surface area contributed by atoms with Gasteiger partial charge in [0.25, 0.3) is 5.91 Å². The van der Waals surface area contributed by atoms with Gasteiger partial charge in [0.05, 0.1) is 27.8 Å². The normalized spacial score (nSPS) is 12.9. The third kappa shape index (κ3) is 7.59. The number of carbonyl (C=O) groups is 3. The second kappa shape index (κ2) is 13.2. The summed E-state index contributed by atoms with van der Waals surface area (Å²) in [6, 6.07) is 16.3. The summed E-state index contributed by atoms with van der Waals surface area (Å²) in [5.41, 5.74) is 8.24. The van der Waals surface area contributed by atoms with Crippen LogP contribution in [0, 0.1) is 5.41 Å². The highest BCUT2D eigenvalue weighted by Gasteiger charge is 2.25. The number of guanidine groups is 1. The number of nitrogens with two attached hydrogens (primary N) is 1. The summed E-state index contributed by atoms with van der Waals surface area (Å²) in [5, 5.41) is 24.9. The van der Waals surface area contributed by atoms with Crippen molar-refractivity contribution in [3.63, 3.8) is 0 Å². The van der Waals surface area contributed by atoms with Crippen molar-refractivity contribution in [1.82, 2.24) is 10.6 Å². The molecule has 13 heteroatoms. The Morgan fingerprint density at radius 3 is 2.41 bits per heavy atom. The monoisotopic (exact) mass is 598 g/mol. The first-order valence-corrected chi connectivity index (χ1v) is 13.4. The number of hydrogen-bond donors (Lipinski definition) is 6. The molecule has 0 saturated carbocycles. The molecule has 0 saturated heterocycles. The Hall–Kier alpha value is -4.48. The number of benzene rings is 3. The van der Waals surface area contributed by atoms with E-state index >= 15 is 0 Å². The van der Waals surface area contributed by atoms with Gasteiger partial charge in [-0.3, -0.25) is 15.0 Å². The molecule has 0 fully saturated rings. The molecule has 3 aromatic rings. The standard InChI is InChI=1S/C28H28Cl2N6O5/c29-19-12-17(16-4-2-1-3-5-16)13-20(30)25(19)26(38)35-21(27(39)40)15-33-24(37)8-9-36-10-11-41-23-7-6-18(14-22(23)36)34-28(31)32/h1-7,12-14,21H,8-11,15H2,(H,33,37)(H,35,38)(H,39,40)(H4,31,32,34). The third-order valence-electron chi connectivity index (χ3n) is 6.29. The van der Waals surface area contributed by atoms with E-state index in [0.29, 0.717) is 36.7 Å². The highest BCUT2D eigenvalue weighted by Crippen LogP contribution is 2.34. The number of nitrogens with one attached hydrogen (secondary N) is 4. The minimum Gasteiger partial charge on any atom is -0.490 e. The number of aliphatic carboxylic acids is 1. The van der Waals surface area contributed by atoms with Crippen LogP contribution in [0.3, 0.4) is 0 Å². The molecule has 2 amide bonds. The molecule has 214 valence electrons. The van der Waals surface area contributed by atoms with Crippen LogP contribution in [0.1, 0.15) is 16.8 Å². The minimum absolute atomic E-state index is 0.0582. The SMILES string of the molecule is N=C(N)Nc1ccc2c(c1)N(CCC(=O)NCC(NC(=O)c1c(Cl)cc(-c3ccccc3)cc1Cl)C(=O)O)CCO2. The summed E-state index contributed by atoms with van der Waals surface area (Å²) in [6.45, 7) is 0.944. The van der Waals surface area contributed by atoms with Gasteiger partial charge in [0.15, 0.2) is 5.96 Å². The predicted octanol–water partition coefficient (Wildman–Crippen LogP) is 3.55. The molecule has 0 aliphatic carbocycles. The second-order valence-corrected chi connectivity index (χ2v) is 9.97. The highest BCUT2D eigenvalue weighted by atomic mass is 35.5. The van der Waals surface area contributed by atoms with E-state index in [1.54, 1.807) is 30.3 Å². The van der Waals surface area contributed by atoms with Crippen LogP contribution in [0.5, 0.6) is 5.75 Å². The summed E-state index contributed by atoms with van der Waals surface area (Å²) in [6.07, 6.45) is 0.0582. The molecule has 0 aromatic heterocycles. The lowest BCUT2D eigenvalue weighted by molar-refractivity contribution is -0.139. The van der Waals surface area contributed by atoms with Crippen molar-refractivity contribution in [1.29, 1.82) is 5.41 Å². The van der Waals surface area contributed by atoms with E-state index < -0.39 is 23.8 Å². The van der Waals surface area contributed by atoms with Crippen LogP contribution in [-0.4, -0.2) is 61.1 Å². The fourth-order valence-electron chi connectivity index (χ4n) is 4.30. The Kier molecular flexibility index (Phi) is 9.53. The van der Waals surface area contributed by atoms with Gasteiger partial charge in [-0.25, -0.2) is 4.79 Å². The largest absolute Gasteiger partial charge is 0.490 e. The molecule has 11 nitrogen and oxygen atoms in total. The lowest BCUT2D eigenvalue weighted by Gasteiger charge is -2.31. The molecule has 0 radical (unpaired) electrons. The first-order chi connectivity index (χ1) is 19.6. The lowest BCUT2D eigenvalue weighted by atomic mass is 10.0. The second-order valence-electron chi connectivity index (χ2n) is 9.16. The average Bonchev–Trinajstić information content (AvgIpc) is 2.93. The summed E-state index contributed by atoms with van der Waals surface area (Å²) in [5.74, 6) is -2.09. The number of rotatable bonds is 10. The number of amides is 2. The van der Waals surface area contributed by atoms with Crippen molar-refractivity contribution in [3.8, 4) is 16.9 Å². The molecule has 1 unspecified atom stereocenters. The molecule has 0 bridgehead atoms. The molecule has 1 heterocycles. The molecule has 3 aromatic carbocycles. The van der Waals surface area contributed by atoms with Crippen molar-refractivity contribution in [2.75, 3.05) is 36.5 Å². The number of halogens is 2. The van der Waals surface area contributed by atoms with E-state index in [9.17, 15) is 19.5 Å². The van der Waals surface area contributed by atoms with Crippen molar-refractivity contribution in [2.45, 2.75) is 12.5 Å². The molecule has 1 aliphatic heterocycles. The fraction of sp³-hybridized carbons (Fsp3) is 0.214. The molecular weight excluding hydrogens is 571 g/mol. The third-order valence-corrected chi connectivity index (χ3v) is 6.89. The molecule has 4 rings (SSSR count). The van der Waals surface area contributed by atoms with Crippen LogP contribution in [0.15, 0.2) is 60.7 Å². The van der Waals surface area contributed by atoms with E-state index in [1.807, 2.05) is 35.2 Å². The Balaban J connectivity index is 1.35. The van der Waals surface area contributed by atoms with E-state index in [4.69, 9.17) is 39.1 Å². The highest BCUT2D eigenvalue weighted by molar-refractivity contribution is 6.40. The van der Waals surface area contributed by atoms with Crippen molar-refractivity contribution >= 4 is 58.3 Å². The quantitative estimate of drug-likeness (QED) is 0.152. The molecule has 41 heavy (non-hydrogen) atoms. The molecule has 1 atom stereocenters. The van der Waals surface area contributed by atoms with Gasteiger partial charge in [-0.2, -0.15) is 0 Å².